The molecule has 0 fully saturated rings. The summed E-state index contributed by atoms with van der Waals surface area (Å²) >= 11 is 13.6. The van der Waals surface area contributed by atoms with Crippen molar-refractivity contribution in [1.82, 2.24) is 15.0 Å². The van der Waals surface area contributed by atoms with Gasteiger partial charge in [0.05, 0.1) is 27.1 Å². The van der Waals surface area contributed by atoms with Crippen LogP contribution in [0.3, 0.4) is 0 Å². The van der Waals surface area contributed by atoms with Gasteiger partial charge in [-0.2, -0.15) is 15.0 Å². The SMILES string of the molecule is Cc1cc(SCc2nn(-c3ccc(Cl)c(Cl)c3)nc2C)ccc1OCC(=O)O. The summed E-state index contributed by atoms with van der Waals surface area (Å²) in [6.07, 6.45) is 0. The predicted octanol–water partition coefficient (Wildman–Crippen LogP) is 4.95. The molecule has 0 spiro atoms. The molecule has 3 rings (SSSR count). The number of carboxylic acids is 1. The number of aryl methyl sites for hydroxylation is 2. The number of benzene rings is 2. The van der Waals surface area contributed by atoms with Gasteiger partial charge in [-0.15, -0.1) is 11.8 Å². The molecule has 1 N–H and O–H groups in total. The fraction of sp³-hybridized carbons (Fsp3) is 0.211. The van der Waals surface area contributed by atoms with Crippen LogP contribution in [0.5, 0.6) is 5.75 Å². The van der Waals surface area contributed by atoms with Crippen LogP contribution in [0.25, 0.3) is 5.69 Å². The van der Waals surface area contributed by atoms with Gasteiger partial charge < -0.3 is 9.84 Å². The van der Waals surface area contributed by atoms with E-state index in [1.54, 1.807) is 34.8 Å². The molecule has 146 valence electrons. The number of carboxylic acid groups (broad SMARTS) is 1. The van der Waals surface area contributed by atoms with Gasteiger partial charge in [-0.1, -0.05) is 23.2 Å². The summed E-state index contributed by atoms with van der Waals surface area (Å²) in [4.78, 5) is 13.2. The molecule has 0 saturated heterocycles. The highest BCUT2D eigenvalue weighted by atomic mass is 35.5. The molecule has 0 atom stereocenters. The van der Waals surface area contributed by atoms with E-state index < -0.39 is 5.97 Å². The third-order valence-corrected chi connectivity index (χ3v) is 5.63. The van der Waals surface area contributed by atoms with Crippen molar-refractivity contribution in [2.75, 3.05) is 6.61 Å². The van der Waals surface area contributed by atoms with E-state index in [1.165, 1.54) is 0 Å². The second-order valence-corrected chi connectivity index (χ2v) is 7.88. The molecule has 9 heteroatoms. The van der Waals surface area contributed by atoms with Gasteiger partial charge in [0, 0.05) is 10.6 Å². The number of aliphatic carboxylic acids is 1. The number of nitrogens with zero attached hydrogens (tertiary/aromatic N) is 3. The summed E-state index contributed by atoms with van der Waals surface area (Å²) in [6.45, 7) is 3.43. The van der Waals surface area contributed by atoms with Crippen LogP contribution >= 0.6 is 35.0 Å². The van der Waals surface area contributed by atoms with Crippen LogP contribution in [0.1, 0.15) is 17.0 Å². The number of hydrogen-bond donors (Lipinski definition) is 1. The summed E-state index contributed by atoms with van der Waals surface area (Å²) in [6, 6.07) is 10.9. The average molecular weight is 438 g/mol. The topological polar surface area (TPSA) is 77.2 Å². The summed E-state index contributed by atoms with van der Waals surface area (Å²) < 4.78 is 5.25. The molecule has 0 saturated carbocycles. The van der Waals surface area contributed by atoms with Gasteiger partial charge in [0.15, 0.2) is 6.61 Å². The standard InChI is InChI=1S/C19H17Cl2N3O3S/c1-11-7-14(4-6-18(11)27-9-19(25)26)28-10-17-12(2)22-24(23-17)13-3-5-15(20)16(21)8-13/h3-8H,9-10H2,1-2H3,(H,25,26). The van der Waals surface area contributed by atoms with Crippen molar-refractivity contribution in [1.29, 1.82) is 0 Å². The van der Waals surface area contributed by atoms with E-state index in [4.69, 9.17) is 33.0 Å². The highest BCUT2D eigenvalue weighted by Crippen LogP contribution is 2.29. The van der Waals surface area contributed by atoms with E-state index in [0.29, 0.717) is 21.5 Å². The van der Waals surface area contributed by atoms with Crippen molar-refractivity contribution in [2.24, 2.45) is 0 Å². The van der Waals surface area contributed by atoms with Crippen LogP contribution in [0, 0.1) is 13.8 Å². The first-order chi connectivity index (χ1) is 13.3. The van der Waals surface area contributed by atoms with Crippen LogP contribution in [0.15, 0.2) is 41.3 Å². The van der Waals surface area contributed by atoms with Crippen molar-refractivity contribution in [3.63, 3.8) is 0 Å². The van der Waals surface area contributed by atoms with Crippen LogP contribution in [-0.4, -0.2) is 32.7 Å². The van der Waals surface area contributed by atoms with Gasteiger partial charge in [0.2, 0.25) is 0 Å². The number of rotatable bonds is 7. The van der Waals surface area contributed by atoms with Gasteiger partial charge >= 0.3 is 5.97 Å². The van der Waals surface area contributed by atoms with E-state index in [2.05, 4.69) is 10.2 Å². The normalized spacial score (nSPS) is 10.9. The van der Waals surface area contributed by atoms with E-state index >= 15 is 0 Å². The van der Waals surface area contributed by atoms with E-state index in [0.717, 1.165) is 27.5 Å². The van der Waals surface area contributed by atoms with Crippen molar-refractivity contribution in [3.05, 3.63) is 63.4 Å². The minimum atomic E-state index is -1.00. The van der Waals surface area contributed by atoms with Crippen LogP contribution in [0.2, 0.25) is 10.0 Å². The molecule has 0 amide bonds. The van der Waals surface area contributed by atoms with E-state index in [-0.39, 0.29) is 6.61 Å². The lowest BCUT2D eigenvalue weighted by atomic mass is 10.2. The molecule has 28 heavy (non-hydrogen) atoms. The zero-order valence-electron chi connectivity index (χ0n) is 15.1. The minimum Gasteiger partial charge on any atom is -0.482 e. The van der Waals surface area contributed by atoms with Gasteiger partial charge in [-0.05, 0) is 55.8 Å². The van der Waals surface area contributed by atoms with Gasteiger partial charge in [0.1, 0.15) is 5.75 Å². The van der Waals surface area contributed by atoms with Gasteiger partial charge in [-0.25, -0.2) is 4.79 Å². The Morgan fingerprint density at radius 3 is 2.61 bits per heavy atom. The molecule has 0 bridgehead atoms. The molecule has 0 radical (unpaired) electrons. The van der Waals surface area contributed by atoms with Gasteiger partial charge in [0.25, 0.3) is 0 Å². The number of halogens is 2. The Morgan fingerprint density at radius 1 is 1.14 bits per heavy atom. The highest BCUT2D eigenvalue weighted by molar-refractivity contribution is 7.98. The molecule has 2 aromatic carbocycles. The fourth-order valence-electron chi connectivity index (χ4n) is 2.43. The Hall–Kier alpha value is -2.22. The van der Waals surface area contributed by atoms with Crippen LogP contribution in [0.4, 0.5) is 0 Å². The average Bonchev–Trinajstić information content (AvgIpc) is 3.02. The van der Waals surface area contributed by atoms with Crippen molar-refractivity contribution < 1.29 is 14.6 Å². The lowest BCUT2D eigenvalue weighted by Crippen LogP contribution is -2.09. The molecule has 0 unspecified atom stereocenters. The quantitative estimate of drug-likeness (QED) is 0.527. The fourth-order valence-corrected chi connectivity index (χ4v) is 3.72. The smallest absolute Gasteiger partial charge is 0.341 e. The van der Waals surface area contributed by atoms with Gasteiger partial charge in [-0.3, -0.25) is 0 Å². The Labute approximate surface area is 176 Å². The number of thioether (sulfide) groups is 1. The molecule has 3 aromatic rings. The number of ether oxygens (including phenoxy) is 1. The first-order valence-electron chi connectivity index (χ1n) is 8.30. The summed E-state index contributed by atoms with van der Waals surface area (Å²) in [5.74, 6) is 0.203. The van der Waals surface area contributed by atoms with E-state index in [9.17, 15) is 4.79 Å². The summed E-state index contributed by atoms with van der Waals surface area (Å²) in [7, 11) is 0. The second kappa shape index (κ2) is 8.86. The number of aromatic nitrogens is 3. The lowest BCUT2D eigenvalue weighted by molar-refractivity contribution is -0.139. The third kappa shape index (κ3) is 4.98. The first kappa shape index (κ1) is 20.5. The molecule has 1 aromatic heterocycles. The lowest BCUT2D eigenvalue weighted by Gasteiger charge is -2.08. The monoisotopic (exact) mass is 437 g/mol. The molecular weight excluding hydrogens is 421 g/mol. The first-order valence-corrected chi connectivity index (χ1v) is 10.0. The largest absolute Gasteiger partial charge is 0.482 e. The molecule has 0 aliphatic carbocycles. The summed E-state index contributed by atoms with van der Waals surface area (Å²) in [5.41, 5.74) is 3.31. The maximum Gasteiger partial charge on any atom is 0.341 e. The number of hydrogen-bond acceptors (Lipinski definition) is 5. The molecular formula is C19H17Cl2N3O3S. The number of carbonyl (C=O) groups is 1. The van der Waals surface area contributed by atoms with Crippen molar-refractivity contribution in [2.45, 2.75) is 24.5 Å². The zero-order chi connectivity index (χ0) is 20.3. The molecule has 0 aliphatic heterocycles. The highest BCUT2D eigenvalue weighted by Gasteiger charge is 2.11. The third-order valence-electron chi connectivity index (χ3n) is 3.89. The van der Waals surface area contributed by atoms with Crippen molar-refractivity contribution >= 4 is 40.9 Å². The van der Waals surface area contributed by atoms with Crippen LogP contribution in [-0.2, 0) is 10.5 Å². The molecule has 0 aliphatic rings. The Bertz CT molecular complexity index is 1020. The zero-order valence-corrected chi connectivity index (χ0v) is 17.5. The Morgan fingerprint density at radius 2 is 1.93 bits per heavy atom. The van der Waals surface area contributed by atoms with E-state index in [1.807, 2.05) is 32.0 Å². The Balaban J connectivity index is 1.69. The molecule has 6 nitrogen and oxygen atoms in total. The molecule has 1 heterocycles. The maximum atomic E-state index is 10.6. The summed E-state index contributed by atoms with van der Waals surface area (Å²) in [5, 5.41) is 18.6. The second-order valence-electron chi connectivity index (χ2n) is 6.02. The maximum absolute atomic E-state index is 10.6. The Kier molecular flexibility index (Phi) is 6.49. The predicted molar refractivity (Wildman–Crippen MR) is 110 cm³/mol. The van der Waals surface area contributed by atoms with Crippen molar-refractivity contribution in [3.8, 4) is 11.4 Å². The van der Waals surface area contributed by atoms with Crippen LogP contribution < -0.4 is 4.74 Å². The minimum absolute atomic E-state index is 0.357.